The van der Waals surface area contributed by atoms with Gasteiger partial charge in [-0.1, -0.05) is 18.2 Å². The SMILES string of the molecule is CCOc1cc(NC(=NC)NCc2cc(N(C)C)nc3ccccc23)ccc1OC. The third-order valence-corrected chi connectivity index (χ3v) is 4.64. The Bertz CT molecular complexity index is 1030. The van der Waals surface area contributed by atoms with Crippen LogP contribution in [0.15, 0.2) is 53.5 Å². The number of benzene rings is 2. The molecular formula is C23H29N5O2. The molecule has 0 amide bonds. The summed E-state index contributed by atoms with van der Waals surface area (Å²) in [5.74, 6) is 2.97. The number of rotatable bonds is 7. The molecule has 0 bridgehead atoms. The van der Waals surface area contributed by atoms with E-state index in [1.807, 2.05) is 62.3 Å². The molecule has 1 aromatic heterocycles. The lowest BCUT2D eigenvalue weighted by Crippen LogP contribution is -2.30. The van der Waals surface area contributed by atoms with E-state index in [0.717, 1.165) is 28.0 Å². The second-order valence-electron chi connectivity index (χ2n) is 6.90. The van der Waals surface area contributed by atoms with Gasteiger partial charge in [-0.15, -0.1) is 0 Å². The van der Waals surface area contributed by atoms with Crippen molar-refractivity contribution in [1.82, 2.24) is 10.3 Å². The molecule has 3 rings (SSSR count). The first-order valence-corrected chi connectivity index (χ1v) is 9.90. The molecule has 0 aliphatic rings. The first kappa shape index (κ1) is 21.2. The highest BCUT2D eigenvalue weighted by atomic mass is 16.5. The summed E-state index contributed by atoms with van der Waals surface area (Å²) < 4.78 is 11.0. The van der Waals surface area contributed by atoms with Crippen molar-refractivity contribution >= 4 is 28.4 Å². The lowest BCUT2D eigenvalue weighted by atomic mass is 10.1. The summed E-state index contributed by atoms with van der Waals surface area (Å²) in [5, 5.41) is 7.82. The van der Waals surface area contributed by atoms with Gasteiger partial charge in [0.1, 0.15) is 5.82 Å². The largest absolute Gasteiger partial charge is 0.493 e. The van der Waals surface area contributed by atoms with Crippen molar-refractivity contribution in [1.29, 1.82) is 0 Å². The van der Waals surface area contributed by atoms with E-state index in [1.165, 1.54) is 0 Å². The zero-order chi connectivity index (χ0) is 21.5. The Kier molecular flexibility index (Phi) is 6.95. The molecule has 0 aliphatic heterocycles. The molecule has 2 N–H and O–H groups in total. The third-order valence-electron chi connectivity index (χ3n) is 4.64. The Balaban J connectivity index is 1.79. The predicted molar refractivity (Wildman–Crippen MR) is 124 cm³/mol. The van der Waals surface area contributed by atoms with Gasteiger partial charge in [-0.3, -0.25) is 4.99 Å². The van der Waals surface area contributed by atoms with E-state index in [9.17, 15) is 0 Å². The topological polar surface area (TPSA) is 71.0 Å². The average Bonchev–Trinajstić information content (AvgIpc) is 2.76. The summed E-state index contributed by atoms with van der Waals surface area (Å²) >= 11 is 0. The number of methoxy groups -OCH3 is 1. The monoisotopic (exact) mass is 407 g/mol. The molecule has 7 nitrogen and oxygen atoms in total. The molecule has 0 radical (unpaired) electrons. The number of nitrogens with one attached hydrogen (secondary N) is 2. The summed E-state index contributed by atoms with van der Waals surface area (Å²) in [4.78, 5) is 11.1. The molecule has 3 aromatic rings. The predicted octanol–water partition coefficient (Wildman–Crippen LogP) is 3.90. The maximum atomic E-state index is 5.66. The molecule has 0 aliphatic carbocycles. The van der Waals surface area contributed by atoms with Crippen molar-refractivity contribution in [2.24, 2.45) is 4.99 Å². The van der Waals surface area contributed by atoms with Crippen LogP contribution in [0.4, 0.5) is 11.5 Å². The number of hydrogen-bond donors (Lipinski definition) is 2. The van der Waals surface area contributed by atoms with Crippen LogP contribution < -0.4 is 25.0 Å². The molecule has 0 unspecified atom stereocenters. The maximum absolute atomic E-state index is 5.66. The molecule has 0 atom stereocenters. The van der Waals surface area contributed by atoms with Gasteiger partial charge in [0.2, 0.25) is 0 Å². The fraction of sp³-hybridized carbons (Fsp3) is 0.304. The van der Waals surface area contributed by atoms with Crippen LogP contribution in [-0.4, -0.2) is 45.8 Å². The van der Waals surface area contributed by atoms with E-state index in [0.29, 0.717) is 30.6 Å². The number of pyridine rings is 1. The molecule has 1 heterocycles. The Hall–Kier alpha value is -3.48. The highest BCUT2D eigenvalue weighted by Crippen LogP contribution is 2.30. The first-order chi connectivity index (χ1) is 14.5. The smallest absolute Gasteiger partial charge is 0.195 e. The van der Waals surface area contributed by atoms with Crippen LogP contribution in [-0.2, 0) is 6.54 Å². The molecule has 0 saturated heterocycles. The molecule has 158 valence electrons. The van der Waals surface area contributed by atoms with Gasteiger partial charge in [-0.25, -0.2) is 4.98 Å². The molecule has 0 saturated carbocycles. The highest BCUT2D eigenvalue weighted by Gasteiger charge is 2.10. The zero-order valence-electron chi connectivity index (χ0n) is 18.2. The van der Waals surface area contributed by atoms with Crippen LogP contribution in [0.3, 0.4) is 0 Å². The number of aromatic nitrogens is 1. The van der Waals surface area contributed by atoms with Crippen molar-refractivity contribution in [3.63, 3.8) is 0 Å². The Morgan fingerprint density at radius 2 is 1.90 bits per heavy atom. The molecule has 0 spiro atoms. The number of hydrogen-bond acceptors (Lipinski definition) is 5. The van der Waals surface area contributed by atoms with Gasteiger partial charge in [0.05, 0.1) is 19.2 Å². The highest BCUT2D eigenvalue weighted by molar-refractivity contribution is 5.94. The van der Waals surface area contributed by atoms with Crippen LogP contribution in [0.25, 0.3) is 10.9 Å². The molecule has 2 aromatic carbocycles. The van der Waals surface area contributed by atoms with Gasteiger partial charge in [-0.2, -0.15) is 0 Å². The summed E-state index contributed by atoms with van der Waals surface area (Å²) in [6.07, 6.45) is 0. The van der Waals surface area contributed by atoms with Crippen LogP contribution in [0.1, 0.15) is 12.5 Å². The van der Waals surface area contributed by atoms with Gasteiger partial charge in [-0.05, 0) is 36.8 Å². The lowest BCUT2D eigenvalue weighted by Gasteiger charge is -2.17. The Morgan fingerprint density at radius 3 is 2.60 bits per heavy atom. The second-order valence-corrected chi connectivity index (χ2v) is 6.90. The fourth-order valence-corrected chi connectivity index (χ4v) is 3.12. The van der Waals surface area contributed by atoms with E-state index in [-0.39, 0.29) is 0 Å². The van der Waals surface area contributed by atoms with Gasteiger partial charge in [0.25, 0.3) is 0 Å². The van der Waals surface area contributed by atoms with Crippen LogP contribution in [0, 0.1) is 0 Å². The summed E-state index contributed by atoms with van der Waals surface area (Å²) in [7, 11) is 7.37. The minimum atomic E-state index is 0.566. The van der Waals surface area contributed by atoms with Gasteiger partial charge in [0.15, 0.2) is 17.5 Å². The van der Waals surface area contributed by atoms with E-state index in [1.54, 1.807) is 14.2 Å². The van der Waals surface area contributed by atoms with Crippen LogP contribution >= 0.6 is 0 Å². The van der Waals surface area contributed by atoms with Crippen molar-refractivity contribution in [3.05, 3.63) is 54.1 Å². The third kappa shape index (κ3) is 4.92. The van der Waals surface area contributed by atoms with Crippen LogP contribution in [0.5, 0.6) is 11.5 Å². The summed E-state index contributed by atoms with van der Waals surface area (Å²) in [6, 6.07) is 16.0. The van der Waals surface area contributed by atoms with Crippen LogP contribution in [0.2, 0.25) is 0 Å². The van der Waals surface area contributed by atoms with Gasteiger partial charge in [0, 0.05) is 44.8 Å². The standard InChI is InChI=1S/C23H29N5O2/c1-6-30-21-14-17(11-12-20(21)29-5)26-23(24-2)25-15-16-13-22(28(3)4)27-19-10-8-7-9-18(16)19/h7-14H,6,15H2,1-5H3,(H2,24,25,26). The first-order valence-electron chi connectivity index (χ1n) is 9.90. The van der Waals surface area contributed by atoms with Gasteiger partial charge < -0.3 is 25.0 Å². The number of fused-ring (bicyclic) bond motifs is 1. The number of ether oxygens (including phenoxy) is 2. The normalized spacial score (nSPS) is 11.3. The van der Waals surface area contributed by atoms with E-state index < -0.39 is 0 Å². The summed E-state index contributed by atoms with van der Waals surface area (Å²) in [5.41, 5.74) is 2.98. The Morgan fingerprint density at radius 1 is 1.10 bits per heavy atom. The van der Waals surface area contributed by atoms with E-state index in [4.69, 9.17) is 14.5 Å². The maximum Gasteiger partial charge on any atom is 0.195 e. The quantitative estimate of drug-likeness (QED) is 0.457. The number of para-hydroxylation sites is 1. The molecule has 30 heavy (non-hydrogen) atoms. The second kappa shape index (κ2) is 9.82. The average molecular weight is 408 g/mol. The van der Waals surface area contributed by atoms with Gasteiger partial charge >= 0.3 is 0 Å². The van der Waals surface area contributed by atoms with Crippen molar-refractivity contribution in [2.75, 3.05) is 45.1 Å². The number of aliphatic imine (C=N–C) groups is 1. The lowest BCUT2D eigenvalue weighted by molar-refractivity contribution is 0.311. The molecular weight excluding hydrogens is 378 g/mol. The number of anilines is 2. The minimum absolute atomic E-state index is 0.566. The minimum Gasteiger partial charge on any atom is -0.493 e. The Labute approximate surface area is 177 Å². The molecule has 7 heteroatoms. The summed E-state index contributed by atoms with van der Waals surface area (Å²) in [6.45, 7) is 3.12. The van der Waals surface area contributed by atoms with E-state index in [2.05, 4.69) is 27.8 Å². The van der Waals surface area contributed by atoms with Crippen molar-refractivity contribution < 1.29 is 9.47 Å². The fourth-order valence-electron chi connectivity index (χ4n) is 3.12. The van der Waals surface area contributed by atoms with Crippen molar-refractivity contribution in [2.45, 2.75) is 13.5 Å². The van der Waals surface area contributed by atoms with E-state index >= 15 is 0 Å². The number of guanidine groups is 1. The zero-order valence-corrected chi connectivity index (χ0v) is 18.2. The van der Waals surface area contributed by atoms with Crippen molar-refractivity contribution in [3.8, 4) is 11.5 Å². The molecule has 0 fully saturated rings. The number of nitrogens with zero attached hydrogens (tertiary/aromatic N) is 3.